The van der Waals surface area contributed by atoms with Crippen LogP contribution in [0.25, 0.3) is 0 Å². The summed E-state index contributed by atoms with van der Waals surface area (Å²) >= 11 is 0. The van der Waals surface area contributed by atoms with Crippen LogP contribution in [0, 0.1) is 0 Å². The van der Waals surface area contributed by atoms with Gasteiger partial charge in [-0.1, -0.05) is 30.3 Å². The van der Waals surface area contributed by atoms with Gasteiger partial charge in [-0.25, -0.2) is 0 Å². The normalized spacial score (nSPS) is 18.1. The highest BCUT2D eigenvalue weighted by Gasteiger charge is 2.22. The molecule has 1 N–H and O–H groups in total. The van der Waals surface area contributed by atoms with Crippen molar-refractivity contribution in [1.82, 2.24) is 10.2 Å². The van der Waals surface area contributed by atoms with E-state index >= 15 is 0 Å². The summed E-state index contributed by atoms with van der Waals surface area (Å²) in [5.41, 5.74) is 1.40. The van der Waals surface area contributed by atoms with Crippen LogP contribution in [-0.4, -0.2) is 31.6 Å². The molecule has 1 atom stereocenters. The van der Waals surface area contributed by atoms with Crippen molar-refractivity contribution < 1.29 is 0 Å². The van der Waals surface area contributed by atoms with E-state index in [9.17, 15) is 0 Å². The second-order valence-corrected chi connectivity index (χ2v) is 4.57. The number of benzene rings is 1. The van der Waals surface area contributed by atoms with E-state index in [-0.39, 0.29) is 0 Å². The smallest absolute Gasteiger partial charge is 0.0466 e. The summed E-state index contributed by atoms with van der Waals surface area (Å²) in [6, 6.07) is 12.0. The van der Waals surface area contributed by atoms with E-state index in [0.29, 0.717) is 6.04 Å². The molecule has 0 heterocycles. The van der Waals surface area contributed by atoms with Gasteiger partial charge in [0.2, 0.25) is 0 Å². The average Bonchev–Trinajstić information content (AvgIpc) is 3.03. The first kappa shape index (κ1) is 10.7. The van der Waals surface area contributed by atoms with Crippen LogP contribution in [0.1, 0.15) is 24.4 Å². The van der Waals surface area contributed by atoms with Gasteiger partial charge in [-0.15, -0.1) is 0 Å². The quantitative estimate of drug-likeness (QED) is 0.789. The zero-order valence-corrected chi connectivity index (χ0v) is 9.61. The Bertz CT molecular complexity index is 291. The summed E-state index contributed by atoms with van der Waals surface area (Å²) < 4.78 is 0. The molecule has 0 saturated heterocycles. The lowest BCUT2D eigenvalue weighted by molar-refractivity contribution is 0.288. The first-order valence-corrected chi connectivity index (χ1v) is 5.72. The Morgan fingerprint density at radius 2 is 1.93 bits per heavy atom. The zero-order valence-electron chi connectivity index (χ0n) is 9.61. The molecule has 0 amide bonds. The lowest BCUT2D eigenvalue weighted by Crippen LogP contribution is -2.32. The fourth-order valence-electron chi connectivity index (χ4n) is 1.84. The van der Waals surface area contributed by atoms with Crippen molar-refractivity contribution in [2.75, 3.05) is 20.6 Å². The maximum atomic E-state index is 3.59. The van der Waals surface area contributed by atoms with Crippen LogP contribution in [0.4, 0.5) is 0 Å². The molecular weight excluding hydrogens is 184 g/mol. The summed E-state index contributed by atoms with van der Waals surface area (Å²) in [4.78, 5) is 2.28. The molecular formula is C13H20N2. The van der Waals surface area contributed by atoms with E-state index in [0.717, 1.165) is 12.6 Å². The lowest BCUT2D eigenvalue weighted by Gasteiger charge is -2.25. The molecule has 0 bridgehead atoms. The van der Waals surface area contributed by atoms with Gasteiger partial charge in [0.05, 0.1) is 0 Å². The molecule has 0 spiro atoms. The maximum absolute atomic E-state index is 3.59. The van der Waals surface area contributed by atoms with Gasteiger partial charge in [-0.05, 0) is 32.5 Å². The van der Waals surface area contributed by atoms with Crippen molar-refractivity contribution in [3.8, 4) is 0 Å². The van der Waals surface area contributed by atoms with Gasteiger partial charge in [0, 0.05) is 18.6 Å². The minimum absolute atomic E-state index is 0.492. The second-order valence-electron chi connectivity index (χ2n) is 4.57. The van der Waals surface area contributed by atoms with Crippen molar-refractivity contribution in [2.24, 2.45) is 0 Å². The highest BCUT2D eigenvalue weighted by molar-refractivity contribution is 5.19. The predicted octanol–water partition coefficient (Wildman–Crippen LogP) is 2.04. The van der Waals surface area contributed by atoms with E-state index in [1.54, 1.807) is 0 Å². The van der Waals surface area contributed by atoms with E-state index in [4.69, 9.17) is 0 Å². The van der Waals surface area contributed by atoms with E-state index in [1.165, 1.54) is 18.4 Å². The first-order valence-electron chi connectivity index (χ1n) is 5.72. The minimum atomic E-state index is 0.492. The Balaban J connectivity index is 1.98. The van der Waals surface area contributed by atoms with Gasteiger partial charge >= 0.3 is 0 Å². The van der Waals surface area contributed by atoms with Crippen molar-refractivity contribution in [2.45, 2.75) is 24.9 Å². The summed E-state index contributed by atoms with van der Waals surface area (Å²) in [7, 11) is 4.29. The van der Waals surface area contributed by atoms with E-state index in [1.807, 2.05) is 0 Å². The molecule has 0 aromatic heterocycles. The minimum Gasteiger partial charge on any atom is -0.312 e. The Kier molecular flexibility index (Phi) is 3.39. The Hall–Kier alpha value is -0.860. The van der Waals surface area contributed by atoms with Crippen molar-refractivity contribution in [3.05, 3.63) is 35.9 Å². The molecule has 0 aliphatic heterocycles. The summed E-state index contributed by atoms with van der Waals surface area (Å²) in [5, 5.41) is 3.59. The SMILES string of the molecule is CN(C)C(CNC1CC1)c1ccccc1. The molecule has 1 saturated carbocycles. The molecule has 2 heteroatoms. The summed E-state index contributed by atoms with van der Waals surface area (Å²) in [5.74, 6) is 0. The molecule has 82 valence electrons. The highest BCUT2D eigenvalue weighted by Crippen LogP contribution is 2.22. The van der Waals surface area contributed by atoms with Crippen molar-refractivity contribution >= 4 is 0 Å². The number of hydrogen-bond acceptors (Lipinski definition) is 2. The largest absolute Gasteiger partial charge is 0.312 e. The Morgan fingerprint density at radius 3 is 2.47 bits per heavy atom. The van der Waals surface area contributed by atoms with Gasteiger partial charge in [0.25, 0.3) is 0 Å². The van der Waals surface area contributed by atoms with Gasteiger partial charge in [-0.3, -0.25) is 0 Å². The maximum Gasteiger partial charge on any atom is 0.0466 e. The zero-order chi connectivity index (χ0) is 10.7. The number of hydrogen-bond donors (Lipinski definition) is 1. The number of rotatable bonds is 5. The molecule has 1 unspecified atom stereocenters. The molecule has 1 aliphatic rings. The molecule has 1 aromatic rings. The average molecular weight is 204 g/mol. The van der Waals surface area contributed by atoms with Gasteiger partial charge < -0.3 is 10.2 Å². The van der Waals surface area contributed by atoms with E-state index in [2.05, 4.69) is 54.6 Å². The van der Waals surface area contributed by atoms with Crippen LogP contribution in [0.2, 0.25) is 0 Å². The fourth-order valence-corrected chi connectivity index (χ4v) is 1.84. The summed E-state index contributed by atoms with van der Waals surface area (Å²) in [6.07, 6.45) is 2.71. The van der Waals surface area contributed by atoms with Gasteiger partial charge in [0.15, 0.2) is 0 Å². The van der Waals surface area contributed by atoms with Crippen LogP contribution < -0.4 is 5.32 Å². The van der Waals surface area contributed by atoms with Crippen LogP contribution in [-0.2, 0) is 0 Å². The number of nitrogens with one attached hydrogen (secondary N) is 1. The molecule has 1 fully saturated rings. The third-order valence-corrected chi connectivity index (χ3v) is 2.98. The van der Waals surface area contributed by atoms with Gasteiger partial charge in [-0.2, -0.15) is 0 Å². The summed E-state index contributed by atoms with van der Waals surface area (Å²) in [6.45, 7) is 1.06. The predicted molar refractivity (Wildman–Crippen MR) is 63.9 cm³/mol. The van der Waals surface area contributed by atoms with Crippen molar-refractivity contribution in [1.29, 1.82) is 0 Å². The third kappa shape index (κ3) is 3.05. The first-order chi connectivity index (χ1) is 7.27. The van der Waals surface area contributed by atoms with Crippen LogP contribution in [0.5, 0.6) is 0 Å². The molecule has 1 aromatic carbocycles. The Morgan fingerprint density at radius 1 is 1.27 bits per heavy atom. The standard InChI is InChI=1S/C13H20N2/c1-15(2)13(10-14-12-8-9-12)11-6-4-3-5-7-11/h3-7,12-14H,8-10H2,1-2H3. The monoisotopic (exact) mass is 204 g/mol. The number of nitrogens with zero attached hydrogens (tertiary/aromatic N) is 1. The van der Waals surface area contributed by atoms with Gasteiger partial charge in [0.1, 0.15) is 0 Å². The molecule has 15 heavy (non-hydrogen) atoms. The molecule has 2 rings (SSSR count). The third-order valence-electron chi connectivity index (χ3n) is 2.98. The molecule has 1 aliphatic carbocycles. The lowest BCUT2D eigenvalue weighted by atomic mass is 10.1. The van der Waals surface area contributed by atoms with E-state index < -0.39 is 0 Å². The Labute approximate surface area is 92.3 Å². The van der Waals surface area contributed by atoms with Crippen LogP contribution in [0.3, 0.4) is 0 Å². The fraction of sp³-hybridized carbons (Fsp3) is 0.538. The van der Waals surface area contributed by atoms with Crippen molar-refractivity contribution in [3.63, 3.8) is 0 Å². The number of likely N-dealkylation sites (N-methyl/N-ethyl adjacent to an activating group) is 1. The molecule has 2 nitrogen and oxygen atoms in total. The second kappa shape index (κ2) is 4.77. The highest BCUT2D eigenvalue weighted by atomic mass is 15.1. The van der Waals surface area contributed by atoms with Crippen LogP contribution in [0.15, 0.2) is 30.3 Å². The topological polar surface area (TPSA) is 15.3 Å². The molecule has 0 radical (unpaired) electrons. The van der Waals surface area contributed by atoms with Crippen LogP contribution >= 0.6 is 0 Å².